The van der Waals surface area contributed by atoms with E-state index in [1.54, 1.807) is 27.0 Å². The molecule has 0 bridgehead atoms. The lowest BCUT2D eigenvalue weighted by Crippen LogP contribution is -2.13. The van der Waals surface area contributed by atoms with Crippen LogP contribution in [0.5, 0.6) is 5.75 Å². The van der Waals surface area contributed by atoms with Crippen molar-refractivity contribution in [3.05, 3.63) is 63.3 Å². The molecule has 1 aliphatic heterocycles. The molecule has 0 aliphatic carbocycles. The number of carbonyl (C=O) groups excluding carboxylic acids is 1. The van der Waals surface area contributed by atoms with Gasteiger partial charge in [-0.2, -0.15) is 0 Å². The highest BCUT2D eigenvalue weighted by Gasteiger charge is 2.28. The van der Waals surface area contributed by atoms with Gasteiger partial charge in [0.05, 0.1) is 24.5 Å². The Morgan fingerprint density at radius 2 is 2.00 bits per heavy atom. The van der Waals surface area contributed by atoms with Gasteiger partial charge in [-0.05, 0) is 63.6 Å². The molecule has 1 aromatic carbocycles. The first kappa shape index (κ1) is 20.7. The molecule has 1 aliphatic rings. The number of benzene rings is 1. The Kier molecular flexibility index (Phi) is 5.84. The van der Waals surface area contributed by atoms with Crippen LogP contribution < -0.4 is 4.74 Å². The van der Waals surface area contributed by atoms with Gasteiger partial charge in [0.15, 0.2) is 5.76 Å². The highest BCUT2D eigenvalue weighted by molar-refractivity contribution is 6.32. The average Bonchev–Trinajstić information content (AvgIpc) is 3.10. The number of nitrogens with zero attached hydrogens (tertiary/aromatic N) is 2. The van der Waals surface area contributed by atoms with Crippen molar-refractivity contribution in [2.45, 2.75) is 27.7 Å². The monoisotopic (exact) mass is 414 g/mol. The molecule has 0 fully saturated rings. The van der Waals surface area contributed by atoms with E-state index in [2.05, 4.69) is 9.56 Å². The molecule has 3 rings (SSSR count). The van der Waals surface area contributed by atoms with Gasteiger partial charge in [-0.1, -0.05) is 11.6 Å². The molecular formula is C22H23ClN2O4. The number of ether oxygens (including phenoxy) is 2. The van der Waals surface area contributed by atoms with Crippen LogP contribution in [0.2, 0.25) is 5.02 Å². The van der Waals surface area contributed by atoms with Crippen molar-refractivity contribution in [2.24, 2.45) is 4.99 Å². The Morgan fingerprint density at radius 3 is 2.62 bits per heavy atom. The molecular weight excluding hydrogens is 392 g/mol. The minimum Gasteiger partial charge on any atom is -0.505 e. The third-order valence-corrected chi connectivity index (χ3v) is 5.06. The lowest BCUT2D eigenvalue weighted by atomic mass is 10.1. The van der Waals surface area contributed by atoms with Crippen LogP contribution in [-0.4, -0.2) is 35.1 Å². The number of aryl methyl sites for hydroxylation is 1. The van der Waals surface area contributed by atoms with Crippen LogP contribution in [0.1, 0.15) is 30.8 Å². The summed E-state index contributed by atoms with van der Waals surface area (Å²) in [6, 6.07) is 7.57. The number of methoxy groups -OCH3 is 1. The quantitative estimate of drug-likeness (QED) is 0.703. The predicted octanol–water partition coefficient (Wildman–Crippen LogP) is 4.95. The van der Waals surface area contributed by atoms with Gasteiger partial charge in [0, 0.05) is 17.1 Å². The topological polar surface area (TPSA) is 73.0 Å². The van der Waals surface area contributed by atoms with E-state index in [1.807, 2.05) is 38.1 Å². The fourth-order valence-electron chi connectivity index (χ4n) is 3.41. The summed E-state index contributed by atoms with van der Waals surface area (Å²) in [6.45, 7) is 7.57. The number of aliphatic hydroxyl groups is 1. The number of aliphatic hydroxyl groups excluding tert-OH is 1. The van der Waals surface area contributed by atoms with Crippen LogP contribution >= 0.6 is 11.6 Å². The molecule has 0 unspecified atom stereocenters. The number of hydrogen-bond donors (Lipinski definition) is 1. The number of aliphatic imine (C=N–C) groups is 1. The number of hydrogen-bond acceptors (Lipinski definition) is 5. The average molecular weight is 415 g/mol. The third-order valence-electron chi connectivity index (χ3n) is 4.77. The molecule has 6 nitrogen and oxygen atoms in total. The second-order valence-electron chi connectivity index (χ2n) is 6.65. The van der Waals surface area contributed by atoms with E-state index in [0.717, 1.165) is 22.6 Å². The van der Waals surface area contributed by atoms with Crippen molar-refractivity contribution in [2.75, 3.05) is 13.7 Å². The molecule has 0 atom stereocenters. The second kappa shape index (κ2) is 8.17. The fourth-order valence-corrected chi connectivity index (χ4v) is 3.66. The Morgan fingerprint density at radius 1 is 1.28 bits per heavy atom. The predicted molar refractivity (Wildman–Crippen MR) is 114 cm³/mol. The van der Waals surface area contributed by atoms with Gasteiger partial charge in [0.2, 0.25) is 0 Å². The summed E-state index contributed by atoms with van der Waals surface area (Å²) in [4.78, 5) is 16.4. The van der Waals surface area contributed by atoms with Crippen molar-refractivity contribution in [1.82, 2.24) is 4.57 Å². The van der Waals surface area contributed by atoms with Crippen LogP contribution in [0.4, 0.5) is 0 Å². The van der Waals surface area contributed by atoms with Crippen molar-refractivity contribution in [1.29, 1.82) is 0 Å². The first-order chi connectivity index (χ1) is 13.8. The maximum atomic E-state index is 12.1. The van der Waals surface area contributed by atoms with Crippen molar-refractivity contribution < 1.29 is 19.4 Å². The van der Waals surface area contributed by atoms with Crippen LogP contribution in [0.25, 0.3) is 11.8 Å². The molecule has 2 heterocycles. The fraction of sp³-hybridized carbons (Fsp3) is 0.273. The lowest BCUT2D eigenvalue weighted by Gasteiger charge is -2.12. The standard InChI is InChI=1S/C22H23ClN2O4/c1-6-29-22(27)20-13(3)24-18(21(20)26)10-15-9-12(2)25(14(15)4)16-7-8-19(28-5)17(23)11-16/h7-11,26H,6H2,1-5H3. The first-order valence-corrected chi connectivity index (χ1v) is 9.57. The zero-order valence-corrected chi connectivity index (χ0v) is 17.8. The van der Waals surface area contributed by atoms with Crippen LogP contribution in [0, 0.1) is 13.8 Å². The van der Waals surface area contributed by atoms with E-state index >= 15 is 0 Å². The van der Waals surface area contributed by atoms with Crippen molar-refractivity contribution in [3.63, 3.8) is 0 Å². The van der Waals surface area contributed by atoms with E-state index in [-0.39, 0.29) is 17.9 Å². The summed E-state index contributed by atoms with van der Waals surface area (Å²) < 4.78 is 12.3. The van der Waals surface area contributed by atoms with E-state index in [4.69, 9.17) is 21.1 Å². The Balaban J connectivity index is 2.03. The second-order valence-corrected chi connectivity index (χ2v) is 7.06. The summed E-state index contributed by atoms with van der Waals surface area (Å²) in [5.41, 5.74) is 4.58. The van der Waals surface area contributed by atoms with E-state index in [1.165, 1.54) is 0 Å². The van der Waals surface area contributed by atoms with Gasteiger partial charge in [-0.15, -0.1) is 0 Å². The van der Waals surface area contributed by atoms with Gasteiger partial charge in [-0.25, -0.2) is 9.79 Å². The molecule has 29 heavy (non-hydrogen) atoms. The molecule has 0 spiro atoms. The smallest absolute Gasteiger partial charge is 0.343 e. The minimum absolute atomic E-state index is 0.105. The van der Waals surface area contributed by atoms with Gasteiger partial charge in [-0.3, -0.25) is 0 Å². The molecule has 0 saturated heterocycles. The molecule has 1 N–H and O–H groups in total. The summed E-state index contributed by atoms with van der Waals surface area (Å²) >= 11 is 6.28. The van der Waals surface area contributed by atoms with E-state index in [9.17, 15) is 9.90 Å². The zero-order valence-electron chi connectivity index (χ0n) is 17.0. The largest absolute Gasteiger partial charge is 0.505 e. The maximum Gasteiger partial charge on any atom is 0.343 e. The van der Waals surface area contributed by atoms with Gasteiger partial charge >= 0.3 is 5.97 Å². The number of carbonyl (C=O) groups is 1. The number of rotatable bonds is 5. The Hall–Kier alpha value is -2.99. The number of esters is 1. The summed E-state index contributed by atoms with van der Waals surface area (Å²) in [7, 11) is 1.58. The van der Waals surface area contributed by atoms with Crippen molar-refractivity contribution >= 4 is 29.4 Å². The van der Waals surface area contributed by atoms with Crippen LogP contribution in [-0.2, 0) is 9.53 Å². The summed E-state index contributed by atoms with van der Waals surface area (Å²) in [5.74, 6) is -0.135. The SMILES string of the molecule is CCOC(=O)C1=C(O)C(=Cc2cc(C)n(-c3ccc(OC)c(Cl)c3)c2C)N=C1C. The third kappa shape index (κ3) is 3.80. The minimum atomic E-state index is -0.576. The van der Waals surface area contributed by atoms with Gasteiger partial charge in [0.25, 0.3) is 0 Å². The molecule has 0 amide bonds. The van der Waals surface area contributed by atoms with E-state index in [0.29, 0.717) is 22.2 Å². The molecule has 152 valence electrons. The number of halogens is 1. The highest BCUT2D eigenvalue weighted by atomic mass is 35.5. The lowest BCUT2D eigenvalue weighted by molar-refractivity contribution is -0.138. The first-order valence-electron chi connectivity index (χ1n) is 9.19. The highest BCUT2D eigenvalue weighted by Crippen LogP contribution is 2.31. The summed E-state index contributed by atoms with van der Waals surface area (Å²) in [6.07, 6.45) is 1.76. The Bertz CT molecular complexity index is 1080. The van der Waals surface area contributed by atoms with Gasteiger partial charge < -0.3 is 19.1 Å². The molecule has 7 heteroatoms. The van der Waals surface area contributed by atoms with Crippen LogP contribution in [0.15, 0.2) is 46.3 Å². The molecule has 0 radical (unpaired) electrons. The molecule has 1 aromatic heterocycles. The van der Waals surface area contributed by atoms with Crippen molar-refractivity contribution in [3.8, 4) is 11.4 Å². The van der Waals surface area contributed by atoms with E-state index < -0.39 is 5.97 Å². The van der Waals surface area contributed by atoms with Gasteiger partial charge in [0.1, 0.15) is 17.0 Å². The number of aromatic nitrogens is 1. The maximum absolute atomic E-state index is 12.1. The van der Waals surface area contributed by atoms with Crippen LogP contribution in [0.3, 0.4) is 0 Å². The zero-order chi connectivity index (χ0) is 21.3. The molecule has 0 saturated carbocycles. The summed E-state index contributed by atoms with van der Waals surface area (Å²) in [5, 5.41) is 11.0. The normalized spacial score (nSPS) is 15.1. The Labute approximate surface area is 174 Å². The molecule has 2 aromatic rings.